The van der Waals surface area contributed by atoms with Crippen LogP contribution in [0.5, 0.6) is 17.2 Å². The minimum atomic E-state index is -0.477. The van der Waals surface area contributed by atoms with E-state index in [0.29, 0.717) is 22.9 Å². The molecule has 0 saturated carbocycles. The Labute approximate surface area is 168 Å². The van der Waals surface area contributed by atoms with E-state index in [4.69, 9.17) is 14.2 Å². The third-order valence-electron chi connectivity index (χ3n) is 4.83. The predicted octanol–water partition coefficient (Wildman–Crippen LogP) is 2.52. The van der Waals surface area contributed by atoms with Gasteiger partial charge in [-0.25, -0.2) is 4.39 Å². The summed E-state index contributed by atoms with van der Waals surface area (Å²) in [5.41, 5.74) is 1.35. The number of rotatable bonds is 7. The Balaban J connectivity index is 1.65. The van der Waals surface area contributed by atoms with E-state index in [2.05, 4.69) is 5.32 Å². The summed E-state index contributed by atoms with van der Waals surface area (Å²) >= 11 is 0. The average molecular weight is 402 g/mol. The van der Waals surface area contributed by atoms with Crippen LogP contribution >= 0.6 is 0 Å². The van der Waals surface area contributed by atoms with Crippen LogP contribution in [0.4, 0.5) is 10.1 Å². The zero-order chi connectivity index (χ0) is 21.0. The first-order chi connectivity index (χ1) is 14.0. The molecule has 1 atom stereocenters. The maximum absolute atomic E-state index is 13.1. The number of hydrogen-bond donors (Lipinski definition) is 1. The van der Waals surface area contributed by atoms with Gasteiger partial charge in [0.25, 0.3) is 0 Å². The number of anilines is 1. The lowest BCUT2D eigenvalue weighted by Crippen LogP contribution is -2.32. The molecule has 1 saturated heterocycles. The van der Waals surface area contributed by atoms with Crippen molar-refractivity contribution in [3.63, 3.8) is 0 Å². The van der Waals surface area contributed by atoms with E-state index in [1.807, 2.05) is 0 Å². The van der Waals surface area contributed by atoms with E-state index in [0.717, 1.165) is 5.56 Å². The predicted molar refractivity (Wildman–Crippen MR) is 105 cm³/mol. The zero-order valence-corrected chi connectivity index (χ0v) is 16.5. The number of nitrogens with one attached hydrogen (secondary N) is 1. The summed E-state index contributed by atoms with van der Waals surface area (Å²) < 4.78 is 29.0. The Morgan fingerprint density at radius 3 is 2.28 bits per heavy atom. The molecule has 1 heterocycles. The fourth-order valence-corrected chi connectivity index (χ4v) is 3.32. The SMILES string of the molecule is COc1cc(CNC(=O)C2CC(=O)N(c3ccc(F)cc3)C2)cc(OC)c1OC. The molecular weight excluding hydrogens is 379 g/mol. The van der Waals surface area contributed by atoms with Crippen LogP contribution in [-0.4, -0.2) is 39.7 Å². The molecule has 8 heteroatoms. The lowest BCUT2D eigenvalue weighted by molar-refractivity contribution is -0.126. The zero-order valence-electron chi connectivity index (χ0n) is 16.5. The molecule has 0 spiro atoms. The number of nitrogens with zero attached hydrogens (tertiary/aromatic N) is 1. The molecule has 154 valence electrons. The summed E-state index contributed by atoms with van der Waals surface area (Å²) in [5.74, 6) is 0.224. The third-order valence-corrected chi connectivity index (χ3v) is 4.83. The van der Waals surface area contributed by atoms with Crippen molar-refractivity contribution in [1.82, 2.24) is 5.32 Å². The number of methoxy groups -OCH3 is 3. The van der Waals surface area contributed by atoms with Crippen molar-refractivity contribution >= 4 is 17.5 Å². The molecule has 1 N–H and O–H groups in total. The minimum Gasteiger partial charge on any atom is -0.493 e. The van der Waals surface area contributed by atoms with E-state index >= 15 is 0 Å². The first-order valence-electron chi connectivity index (χ1n) is 9.09. The number of amides is 2. The highest BCUT2D eigenvalue weighted by Gasteiger charge is 2.35. The van der Waals surface area contributed by atoms with Crippen molar-refractivity contribution in [1.29, 1.82) is 0 Å². The van der Waals surface area contributed by atoms with Crippen LogP contribution in [0, 0.1) is 11.7 Å². The highest BCUT2D eigenvalue weighted by molar-refractivity contribution is 6.00. The van der Waals surface area contributed by atoms with Crippen LogP contribution in [0.15, 0.2) is 36.4 Å². The number of carbonyl (C=O) groups is 2. The van der Waals surface area contributed by atoms with Gasteiger partial charge in [0.2, 0.25) is 17.6 Å². The molecule has 0 radical (unpaired) electrons. The molecule has 2 amide bonds. The molecule has 29 heavy (non-hydrogen) atoms. The van der Waals surface area contributed by atoms with Gasteiger partial charge in [0.1, 0.15) is 5.82 Å². The first kappa shape index (κ1) is 20.4. The Hall–Kier alpha value is -3.29. The summed E-state index contributed by atoms with van der Waals surface area (Å²) in [7, 11) is 4.56. The highest BCUT2D eigenvalue weighted by Crippen LogP contribution is 2.38. The van der Waals surface area contributed by atoms with Gasteiger partial charge in [0.05, 0.1) is 27.2 Å². The maximum Gasteiger partial charge on any atom is 0.227 e. The number of halogens is 1. The normalized spacial score (nSPS) is 15.9. The van der Waals surface area contributed by atoms with Gasteiger partial charge in [-0.05, 0) is 42.0 Å². The van der Waals surface area contributed by atoms with Gasteiger partial charge in [0.15, 0.2) is 11.5 Å². The summed E-state index contributed by atoms with van der Waals surface area (Å²) in [5, 5.41) is 2.85. The van der Waals surface area contributed by atoms with Crippen LogP contribution < -0.4 is 24.4 Å². The molecule has 0 aliphatic carbocycles. The van der Waals surface area contributed by atoms with Crippen LogP contribution in [0.3, 0.4) is 0 Å². The number of hydrogen-bond acceptors (Lipinski definition) is 5. The molecule has 1 unspecified atom stereocenters. The molecule has 0 aromatic heterocycles. The lowest BCUT2D eigenvalue weighted by atomic mass is 10.1. The van der Waals surface area contributed by atoms with Crippen molar-refractivity contribution < 1.29 is 28.2 Å². The van der Waals surface area contributed by atoms with Gasteiger partial charge in [-0.15, -0.1) is 0 Å². The molecule has 3 rings (SSSR count). The Kier molecular flexibility index (Phi) is 6.21. The number of benzene rings is 2. The quantitative estimate of drug-likeness (QED) is 0.770. The summed E-state index contributed by atoms with van der Waals surface area (Å²) in [6.07, 6.45) is 0.110. The summed E-state index contributed by atoms with van der Waals surface area (Å²) in [6.45, 7) is 0.502. The molecule has 0 bridgehead atoms. The van der Waals surface area contributed by atoms with Gasteiger partial charge < -0.3 is 24.4 Å². The highest BCUT2D eigenvalue weighted by atomic mass is 19.1. The summed E-state index contributed by atoms with van der Waals surface area (Å²) in [6, 6.07) is 9.16. The monoisotopic (exact) mass is 402 g/mol. The van der Waals surface area contributed by atoms with Crippen LogP contribution in [0.2, 0.25) is 0 Å². The molecular formula is C21H23FN2O5. The second-order valence-electron chi connectivity index (χ2n) is 6.63. The van der Waals surface area contributed by atoms with E-state index < -0.39 is 5.92 Å². The Morgan fingerprint density at radius 1 is 1.10 bits per heavy atom. The third kappa shape index (κ3) is 4.42. The Morgan fingerprint density at radius 2 is 1.72 bits per heavy atom. The minimum absolute atomic E-state index is 0.110. The van der Waals surface area contributed by atoms with Crippen LogP contribution in [-0.2, 0) is 16.1 Å². The second-order valence-corrected chi connectivity index (χ2v) is 6.63. The van der Waals surface area contributed by atoms with E-state index in [9.17, 15) is 14.0 Å². The standard InChI is InChI=1S/C21H23FN2O5/c1-27-17-8-13(9-18(28-2)20(17)29-3)11-23-21(26)14-10-19(25)24(12-14)16-6-4-15(22)5-7-16/h4-9,14H,10-12H2,1-3H3,(H,23,26). The van der Waals surface area contributed by atoms with E-state index in [1.165, 1.54) is 50.5 Å². The average Bonchev–Trinajstić information content (AvgIpc) is 3.13. The van der Waals surface area contributed by atoms with E-state index in [-0.39, 0.29) is 37.1 Å². The van der Waals surface area contributed by atoms with Crippen molar-refractivity contribution in [3.8, 4) is 17.2 Å². The van der Waals surface area contributed by atoms with Gasteiger partial charge in [-0.1, -0.05) is 0 Å². The topological polar surface area (TPSA) is 77.1 Å². The van der Waals surface area contributed by atoms with Gasteiger partial charge in [-0.2, -0.15) is 0 Å². The number of ether oxygens (including phenoxy) is 3. The van der Waals surface area contributed by atoms with Crippen molar-refractivity contribution in [2.45, 2.75) is 13.0 Å². The van der Waals surface area contributed by atoms with Gasteiger partial charge in [-0.3, -0.25) is 9.59 Å². The molecule has 1 aliphatic heterocycles. The molecule has 1 aliphatic rings. The number of carbonyl (C=O) groups excluding carboxylic acids is 2. The van der Waals surface area contributed by atoms with Gasteiger partial charge in [0, 0.05) is 25.2 Å². The van der Waals surface area contributed by atoms with Gasteiger partial charge >= 0.3 is 0 Å². The molecule has 2 aromatic rings. The van der Waals surface area contributed by atoms with Crippen LogP contribution in [0.1, 0.15) is 12.0 Å². The summed E-state index contributed by atoms with van der Waals surface area (Å²) in [4.78, 5) is 26.4. The van der Waals surface area contributed by atoms with Crippen molar-refractivity contribution in [2.75, 3.05) is 32.8 Å². The second kappa shape index (κ2) is 8.81. The molecule has 2 aromatic carbocycles. The molecule has 7 nitrogen and oxygen atoms in total. The van der Waals surface area contributed by atoms with Crippen molar-refractivity contribution in [2.24, 2.45) is 5.92 Å². The maximum atomic E-state index is 13.1. The first-order valence-corrected chi connectivity index (χ1v) is 9.09. The smallest absolute Gasteiger partial charge is 0.227 e. The molecule has 1 fully saturated rings. The fraction of sp³-hybridized carbons (Fsp3) is 0.333. The van der Waals surface area contributed by atoms with Crippen LogP contribution in [0.25, 0.3) is 0 Å². The largest absolute Gasteiger partial charge is 0.493 e. The van der Waals surface area contributed by atoms with Crippen molar-refractivity contribution in [3.05, 3.63) is 47.8 Å². The fourth-order valence-electron chi connectivity index (χ4n) is 3.32. The lowest BCUT2D eigenvalue weighted by Gasteiger charge is -2.17. The Bertz CT molecular complexity index is 875. The van der Waals surface area contributed by atoms with E-state index in [1.54, 1.807) is 12.1 Å².